The fourth-order valence-corrected chi connectivity index (χ4v) is 2.37. The van der Waals surface area contributed by atoms with Crippen LogP contribution in [0.5, 0.6) is 0 Å². The Bertz CT molecular complexity index is 403. The third-order valence-corrected chi connectivity index (χ3v) is 3.59. The maximum absolute atomic E-state index is 12.0. The lowest BCUT2D eigenvalue weighted by molar-refractivity contribution is -0.127. The van der Waals surface area contributed by atoms with E-state index in [-0.39, 0.29) is 5.91 Å². The second-order valence-corrected chi connectivity index (χ2v) is 4.90. The lowest BCUT2D eigenvalue weighted by Crippen LogP contribution is -2.37. The highest BCUT2D eigenvalue weighted by atomic mass is 16.5. The number of methoxy groups -OCH3 is 1. The molecule has 1 saturated heterocycles. The van der Waals surface area contributed by atoms with Crippen molar-refractivity contribution >= 4 is 12.0 Å². The first-order chi connectivity index (χ1) is 9.29. The zero-order valence-corrected chi connectivity index (χ0v) is 11.4. The topological polar surface area (TPSA) is 42.7 Å². The van der Waals surface area contributed by atoms with Gasteiger partial charge in [-0.15, -0.1) is 0 Å². The van der Waals surface area contributed by atoms with Gasteiger partial charge in [0, 0.05) is 32.9 Å². The van der Waals surface area contributed by atoms with Gasteiger partial charge in [-0.2, -0.15) is 0 Å². The molecule has 0 radical (unpaired) electrons. The number of likely N-dealkylation sites (tertiary alicyclic amines) is 1. The quantitative estimate of drug-likeness (QED) is 0.767. The van der Waals surface area contributed by atoms with Crippen molar-refractivity contribution in [2.45, 2.75) is 19.3 Å². The van der Waals surface area contributed by atoms with Gasteiger partial charge in [-0.25, -0.2) is 0 Å². The Labute approximate surface area is 114 Å². The van der Waals surface area contributed by atoms with Crippen molar-refractivity contribution < 1.29 is 13.9 Å². The van der Waals surface area contributed by atoms with Crippen LogP contribution in [0.2, 0.25) is 0 Å². The zero-order chi connectivity index (χ0) is 13.5. The van der Waals surface area contributed by atoms with Crippen LogP contribution < -0.4 is 0 Å². The second-order valence-electron chi connectivity index (χ2n) is 4.90. The molecule has 0 atom stereocenters. The minimum absolute atomic E-state index is 0.0709. The van der Waals surface area contributed by atoms with Crippen LogP contribution in [0.15, 0.2) is 28.9 Å². The molecule has 1 aliphatic heterocycles. The van der Waals surface area contributed by atoms with E-state index in [2.05, 4.69) is 0 Å². The van der Waals surface area contributed by atoms with Crippen LogP contribution in [0.25, 0.3) is 6.08 Å². The first-order valence-electron chi connectivity index (χ1n) is 6.79. The van der Waals surface area contributed by atoms with Gasteiger partial charge in [0.1, 0.15) is 5.76 Å². The van der Waals surface area contributed by atoms with Crippen molar-refractivity contribution in [2.24, 2.45) is 5.92 Å². The van der Waals surface area contributed by atoms with Gasteiger partial charge in [-0.3, -0.25) is 4.79 Å². The Morgan fingerprint density at radius 2 is 2.32 bits per heavy atom. The molecule has 2 heterocycles. The van der Waals surface area contributed by atoms with E-state index in [4.69, 9.17) is 9.15 Å². The van der Waals surface area contributed by atoms with Crippen molar-refractivity contribution in [1.29, 1.82) is 0 Å². The highest BCUT2D eigenvalue weighted by Gasteiger charge is 2.21. The summed E-state index contributed by atoms with van der Waals surface area (Å²) in [4.78, 5) is 13.9. The standard InChI is InChI=1S/C15H21NO3/c1-18-12-8-13-6-9-16(10-7-13)15(17)5-4-14-3-2-11-19-14/h2-5,11,13H,6-10,12H2,1H3. The van der Waals surface area contributed by atoms with E-state index in [0.29, 0.717) is 11.7 Å². The number of carbonyl (C=O) groups excluding carboxylic acids is 1. The smallest absolute Gasteiger partial charge is 0.246 e. The van der Waals surface area contributed by atoms with Crippen molar-refractivity contribution in [3.05, 3.63) is 30.2 Å². The fraction of sp³-hybridized carbons (Fsp3) is 0.533. The highest BCUT2D eigenvalue weighted by molar-refractivity contribution is 5.91. The molecule has 1 aliphatic rings. The Hall–Kier alpha value is -1.55. The highest BCUT2D eigenvalue weighted by Crippen LogP contribution is 2.20. The molecule has 0 N–H and O–H groups in total. The van der Waals surface area contributed by atoms with E-state index in [0.717, 1.165) is 39.0 Å². The molecule has 19 heavy (non-hydrogen) atoms. The average molecular weight is 263 g/mol. The van der Waals surface area contributed by atoms with Crippen molar-refractivity contribution in [1.82, 2.24) is 4.90 Å². The molecule has 4 nitrogen and oxygen atoms in total. The normalized spacial score (nSPS) is 17.2. The lowest BCUT2D eigenvalue weighted by atomic mass is 9.94. The largest absolute Gasteiger partial charge is 0.465 e. The van der Waals surface area contributed by atoms with Crippen LogP contribution in [0.3, 0.4) is 0 Å². The molecule has 104 valence electrons. The summed E-state index contributed by atoms with van der Waals surface area (Å²) in [7, 11) is 1.73. The van der Waals surface area contributed by atoms with Crippen LogP contribution in [0.1, 0.15) is 25.0 Å². The SMILES string of the molecule is COCCC1CCN(C(=O)C=Cc2ccco2)CC1. The summed E-state index contributed by atoms with van der Waals surface area (Å²) in [6, 6.07) is 3.65. The van der Waals surface area contributed by atoms with E-state index in [1.54, 1.807) is 25.5 Å². The fourth-order valence-electron chi connectivity index (χ4n) is 2.37. The van der Waals surface area contributed by atoms with Crippen LogP contribution in [0.4, 0.5) is 0 Å². The van der Waals surface area contributed by atoms with E-state index in [1.807, 2.05) is 17.0 Å². The monoisotopic (exact) mass is 263 g/mol. The van der Waals surface area contributed by atoms with E-state index in [1.165, 1.54) is 0 Å². The summed E-state index contributed by atoms with van der Waals surface area (Å²) in [5.41, 5.74) is 0. The summed E-state index contributed by atoms with van der Waals surface area (Å²) < 4.78 is 10.3. The molecule has 0 bridgehead atoms. The average Bonchev–Trinajstić information content (AvgIpc) is 2.96. The number of nitrogens with zero attached hydrogens (tertiary/aromatic N) is 1. The van der Waals surface area contributed by atoms with E-state index in [9.17, 15) is 4.79 Å². The van der Waals surface area contributed by atoms with Crippen molar-refractivity contribution in [3.63, 3.8) is 0 Å². The molecule has 1 amide bonds. The summed E-state index contributed by atoms with van der Waals surface area (Å²) in [6.07, 6.45) is 8.16. The molecule has 0 aliphatic carbocycles. The number of amides is 1. The van der Waals surface area contributed by atoms with Gasteiger partial charge in [0.2, 0.25) is 5.91 Å². The number of furan rings is 1. The molecule has 4 heteroatoms. The van der Waals surface area contributed by atoms with Crippen molar-refractivity contribution in [3.8, 4) is 0 Å². The Morgan fingerprint density at radius 3 is 2.95 bits per heavy atom. The summed E-state index contributed by atoms with van der Waals surface area (Å²) in [5, 5.41) is 0. The van der Waals surface area contributed by atoms with Crippen LogP contribution in [-0.2, 0) is 9.53 Å². The third-order valence-electron chi connectivity index (χ3n) is 3.59. The summed E-state index contributed by atoms with van der Waals surface area (Å²) >= 11 is 0. The van der Waals surface area contributed by atoms with Gasteiger partial charge in [-0.1, -0.05) is 0 Å². The number of ether oxygens (including phenoxy) is 1. The lowest BCUT2D eigenvalue weighted by Gasteiger charge is -2.31. The first-order valence-corrected chi connectivity index (χ1v) is 6.79. The molecule has 2 rings (SSSR count). The molecular weight excluding hydrogens is 242 g/mol. The first kappa shape index (κ1) is 13.9. The minimum Gasteiger partial charge on any atom is -0.465 e. The molecule has 0 unspecified atom stereocenters. The van der Waals surface area contributed by atoms with Gasteiger partial charge >= 0.3 is 0 Å². The molecule has 0 spiro atoms. The van der Waals surface area contributed by atoms with Crippen LogP contribution in [-0.4, -0.2) is 37.6 Å². The molecule has 1 fully saturated rings. The maximum atomic E-state index is 12.0. The molecule has 0 aromatic carbocycles. The predicted molar refractivity (Wildman–Crippen MR) is 73.5 cm³/mol. The zero-order valence-electron chi connectivity index (χ0n) is 11.4. The van der Waals surface area contributed by atoms with Gasteiger partial charge in [0.25, 0.3) is 0 Å². The Balaban J connectivity index is 1.76. The van der Waals surface area contributed by atoms with Crippen LogP contribution >= 0.6 is 0 Å². The Kier molecular flexibility index (Phi) is 5.21. The number of rotatable bonds is 5. The second kappa shape index (κ2) is 7.14. The number of carbonyl (C=O) groups is 1. The van der Waals surface area contributed by atoms with Gasteiger partial charge in [0.05, 0.1) is 6.26 Å². The number of piperidine rings is 1. The van der Waals surface area contributed by atoms with Gasteiger partial charge in [0.15, 0.2) is 0 Å². The molecule has 0 saturated carbocycles. The van der Waals surface area contributed by atoms with E-state index >= 15 is 0 Å². The van der Waals surface area contributed by atoms with Gasteiger partial charge in [-0.05, 0) is 43.4 Å². The predicted octanol–water partition coefficient (Wildman–Crippen LogP) is 2.57. The third kappa shape index (κ3) is 4.24. The number of hydrogen-bond donors (Lipinski definition) is 0. The number of hydrogen-bond acceptors (Lipinski definition) is 3. The summed E-state index contributed by atoms with van der Waals surface area (Å²) in [5.74, 6) is 1.47. The summed E-state index contributed by atoms with van der Waals surface area (Å²) in [6.45, 7) is 2.50. The minimum atomic E-state index is 0.0709. The maximum Gasteiger partial charge on any atom is 0.246 e. The molecule has 1 aromatic heterocycles. The van der Waals surface area contributed by atoms with Gasteiger partial charge < -0.3 is 14.1 Å². The van der Waals surface area contributed by atoms with Crippen molar-refractivity contribution in [2.75, 3.05) is 26.8 Å². The molecule has 1 aromatic rings. The van der Waals surface area contributed by atoms with E-state index < -0.39 is 0 Å². The van der Waals surface area contributed by atoms with Crippen LogP contribution in [0, 0.1) is 5.92 Å². The molecular formula is C15H21NO3. The Morgan fingerprint density at radius 1 is 1.53 bits per heavy atom.